The predicted octanol–water partition coefficient (Wildman–Crippen LogP) is 5.29. The van der Waals surface area contributed by atoms with Gasteiger partial charge in [0.15, 0.2) is 0 Å². The first-order valence-electron chi connectivity index (χ1n) is 11.5. The maximum absolute atomic E-state index is 15.1. The second-order valence-corrected chi connectivity index (χ2v) is 11.7. The summed E-state index contributed by atoms with van der Waals surface area (Å²) in [6.07, 6.45) is 0. The maximum Gasteiger partial charge on any atom is 0.494 e. The van der Waals surface area contributed by atoms with Gasteiger partial charge in [0.1, 0.15) is 5.82 Å². The normalized spacial score (nSPS) is 17.3. The highest BCUT2D eigenvalue weighted by Crippen LogP contribution is 2.38. The number of benzene rings is 3. The molecule has 1 aliphatic heterocycles. The van der Waals surface area contributed by atoms with Crippen LogP contribution in [0, 0.1) is 12.7 Å². The Kier molecular flexibility index (Phi) is 5.47. The number of hydrogen-bond donors (Lipinski definition) is 0. The topological polar surface area (TPSA) is 57.5 Å². The Morgan fingerprint density at radius 3 is 2.14 bits per heavy atom. The molecule has 1 saturated heterocycles. The van der Waals surface area contributed by atoms with Gasteiger partial charge in [0.2, 0.25) is 0 Å². The van der Waals surface area contributed by atoms with E-state index >= 15 is 4.39 Å². The second kappa shape index (κ2) is 8.05. The van der Waals surface area contributed by atoms with E-state index in [0.29, 0.717) is 16.5 Å². The molecule has 8 heteroatoms. The van der Waals surface area contributed by atoms with Crippen LogP contribution in [0.2, 0.25) is 0 Å². The molecule has 3 aromatic carbocycles. The summed E-state index contributed by atoms with van der Waals surface area (Å²) < 4.78 is 56.3. The molecule has 0 atom stereocenters. The first-order chi connectivity index (χ1) is 16.4. The number of aryl methyl sites for hydroxylation is 1. The molecular formula is C27H27BFNO4S. The van der Waals surface area contributed by atoms with Crippen molar-refractivity contribution < 1.29 is 22.1 Å². The van der Waals surface area contributed by atoms with Crippen molar-refractivity contribution in [3.8, 4) is 11.3 Å². The molecule has 5 rings (SSSR count). The quantitative estimate of drug-likeness (QED) is 0.364. The zero-order valence-corrected chi connectivity index (χ0v) is 21.2. The van der Waals surface area contributed by atoms with Crippen LogP contribution in [0.5, 0.6) is 0 Å². The lowest BCUT2D eigenvalue weighted by atomic mass is 9.78. The fourth-order valence-corrected chi connectivity index (χ4v) is 5.96. The van der Waals surface area contributed by atoms with Gasteiger partial charge in [-0.25, -0.2) is 16.8 Å². The number of aromatic nitrogens is 1. The molecule has 1 fully saturated rings. The lowest BCUT2D eigenvalue weighted by molar-refractivity contribution is 0.00578. The van der Waals surface area contributed by atoms with E-state index in [2.05, 4.69) is 0 Å². The van der Waals surface area contributed by atoms with Gasteiger partial charge in [-0.15, -0.1) is 0 Å². The standard InChI is InChI=1S/C27H27BFNO4S/c1-18-10-9-13-22(29)25(18)24-17-19-16-20(28-33-26(2,3)27(4,5)34-28)14-15-23(19)30(24)35(31,32)21-11-7-6-8-12-21/h6-17H,1-5H3. The summed E-state index contributed by atoms with van der Waals surface area (Å²) >= 11 is 0. The van der Waals surface area contributed by atoms with Gasteiger partial charge in [-0.1, -0.05) is 42.5 Å². The summed E-state index contributed by atoms with van der Waals surface area (Å²) in [5.74, 6) is -0.483. The smallest absolute Gasteiger partial charge is 0.399 e. The van der Waals surface area contributed by atoms with Gasteiger partial charge in [-0.05, 0) is 76.0 Å². The van der Waals surface area contributed by atoms with E-state index in [9.17, 15) is 8.42 Å². The molecule has 2 heterocycles. The predicted molar refractivity (Wildman–Crippen MR) is 137 cm³/mol. The largest absolute Gasteiger partial charge is 0.494 e. The van der Waals surface area contributed by atoms with Crippen molar-refractivity contribution in [1.82, 2.24) is 3.97 Å². The van der Waals surface area contributed by atoms with Gasteiger partial charge in [0.05, 0.1) is 27.3 Å². The molecule has 4 aromatic rings. The molecule has 1 aromatic heterocycles. The van der Waals surface area contributed by atoms with Crippen LogP contribution >= 0.6 is 0 Å². The van der Waals surface area contributed by atoms with Crippen molar-refractivity contribution in [2.45, 2.75) is 50.7 Å². The van der Waals surface area contributed by atoms with E-state index in [0.717, 1.165) is 5.46 Å². The van der Waals surface area contributed by atoms with Crippen LogP contribution in [0.1, 0.15) is 33.3 Å². The second-order valence-electron chi connectivity index (χ2n) is 9.95. The number of halogens is 1. The average Bonchev–Trinajstić information content (AvgIpc) is 3.27. The monoisotopic (exact) mass is 491 g/mol. The molecular weight excluding hydrogens is 464 g/mol. The minimum Gasteiger partial charge on any atom is -0.399 e. The molecule has 1 aliphatic rings. The highest BCUT2D eigenvalue weighted by Gasteiger charge is 2.51. The molecule has 0 amide bonds. The Labute approximate surface area is 205 Å². The van der Waals surface area contributed by atoms with Crippen LogP contribution in [-0.2, 0) is 19.3 Å². The Balaban J connectivity index is 1.75. The van der Waals surface area contributed by atoms with Crippen molar-refractivity contribution in [3.63, 3.8) is 0 Å². The molecule has 5 nitrogen and oxygen atoms in total. The van der Waals surface area contributed by atoms with Crippen molar-refractivity contribution in [3.05, 3.63) is 84.2 Å². The van der Waals surface area contributed by atoms with Gasteiger partial charge in [0.25, 0.3) is 10.0 Å². The summed E-state index contributed by atoms with van der Waals surface area (Å²) in [6.45, 7) is 9.69. The number of hydrogen-bond acceptors (Lipinski definition) is 4. The lowest BCUT2D eigenvalue weighted by Gasteiger charge is -2.32. The Hall–Kier alpha value is -2.94. The molecule has 0 N–H and O–H groups in total. The molecule has 0 aliphatic carbocycles. The average molecular weight is 491 g/mol. The van der Waals surface area contributed by atoms with Crippen LogP contribution < -0.4 is 5.46 Å². The zero-order chi connectivity index (χ0) is 25.2. The minimum absolute atomic E-state index is 0.128. The van der Waals surface area contributed by atoms with E-state index in [4.69, 9.17) is 9.31 Å². The third-order valence-electron chi connectivity index (χ3n) is 7.07. The summed E-state index contributed by atoms with van der Waals surface area (Å²) in [7, 11) is -4.62. The first-order valence-corrected chi connectivity index (χ1v) is 12.9. The van der Waals surface area contributed by atoms with Gasteiger partial charge in [0, 0.05) is 10.9 Å². The molecule has 0 saturated carbocycles. The molecule has 0 spiro atoms. The minimum atomic E-state index is -4.02. The van der Waals surface area contributed by atoms with Crippen LogP contribution in [0.15, 0.2) is 77.7 Å². The fraction of sp³-hybridized carbons (Fsp3) is 0.259. The Morgan fingerprint density at radius 2 is 1.51 bits per heavy atom. The van der Waals surface area contributed by atoms with Crippen molar-refractivity contribution >= 4 is 33.5 Å². The van der Waals surface area contributed by atoms with Crippen LogP contribution in [0.4, 0.5) is 4.39 Å². The molecule has 180 valence electrons. The highest BCUT2D eigenvalue weighted by molar-refractivity contribution is 7.90. The van der Waals surface area contributed by atoms with Crippen molar-refractivity contribution in [2.75, 3.05) is 0 Å². The summed E-state index contributed by atoms with van der Waals surface area (Å²) in [4.78, 5) is 0.128. The summed E-state index contributed by atoms with van der Waals surface area (Å²) in [6, 6.07) is 20.0. The SMILES string of the molecule is Cc1cccc(F)c1-c1cc2cc(B3OC(C)(C)C(C)(C)O3)ccc2n1S(=O)(=O)c1ccccc1. The number of rotatable bonds is 4. The third-order valence-corrected chi connectivity index (χ3v) is 8.81. The van der Waals surface area contributed by atoms with E-state index in [1.807, 2.05) is 33.8 Å². The summed E-state index contributed by atoms with van der Waals surface area (Å²) in [5, 5.41) is 0.648. The summed E-state index contributed by atoms with van der Waals surface area (Å²) in [5.41, 5.74) is 1.36. The van der Waals surface area contributed by atoms with Crippen molar-refractivity contribution in [1.29, 1.82) is 0 Å². The Bertz CT molecular complexity index is 1510. The third kappa shape index (κ3) is 3.80. The van der Waals surface area contributed by atoms with Crippen molar-refractivity contribution in [2.24, 2.45) is 0 Å². The van der Waals surface area contributed by atoms with Crippen LogP contribution in [-0.4, -0.2) is 30.7 Å². The first kappa shape index (κ1) is 23.8. The van der Waals surface area contributed by atoms with Crippen LogP contribution in [0.3, 0.4) is 0 Å². The molecule has 0 radical (unpaired) electrons. The van der Waals surface area contributed by atoms with E-state index in [-0.39, 0.29) is 16.2 Å². The number of fused-ring (bicyclic) bond motifs is 1. The molecule has 0 bridgehead atoms. The van der Waals surface area contributed by atoms with Gasteiger partial charge in [-0.2, -0.15) is 0 Å². The maximum atomic E-state index is 15.1. The van der Waals surface area contributed by atoms with Crippen LogP contribution in [0.25, 0.3) is 22.2 Å². The molecule has 0 unspecified atom stereocenters. The van der Waals surface area contributed by atoms with E-state index < -0.39 is 34.2 Å². The lowest BCUT2D eigenvalue weighted by Crippen LogP contribution is -2.41. The van der Waals surface area contributed by atoms with Gasteiger partial charge >= 0.3 is 7.12 Å². The molecule has 35 heavy (non-hydrogen) atoms. The highest BCUT2D eigenvalue weighted by atomic mass is 32.2. The number of nitrogens with zero attached hydrogens (tertiary/aromatic N) is 1. The van der Waals surface area contributed by atoms with E-state index in [1.165, 1.54) is 22.2 Å². The van der Waals surface area contributed by atoms with Gasteiger partial charge in [-0.3, -0.25) is 0 Å². The fourth-order valence-electron chi connectivity index (χ4n) is 4.42. The Morgan fingerprint density at radius 1 is 0.857 bits per heavy atom. The zero-order valence-electron chi connectivity index (χ0n) is 20.4. The van der Waals surface area contributed by atoms with E-state index in [1.54, 1.807) is 55.5 Å². The van der Waals surface area contributed by atoms with Gasteiger partial charge < -0.3 is 9.31 Å².